The first-order valence-electron chi connectivity index (χ1n) is 16.6. The van der Waals surface area contributed by atoms with Gasteiger partial charge in [-0.05, 0) is 47.4 Å². The summed E-state index contributed by atoms with van der Waals surface area (Å²) in [5.74, 6) is -6.55. The Balaban J connectivity index is 1.57. The molecule has 1 heterocycles. The highest BCUT2D eigenvalue weighted by Gasteiger charge is 2.54. The number of aliphatic hydroxyl groups excluding tert-OH is 3. The maximum atomic E-state index is 14.6. The zero-order chi connectivity index (χ0) is 38.4. The summed E-state index contributed by atoms with van der Waals surface area (Å²) in [7, 11) is 0. The maximum absolute atomic E-state index is 14.6. The molecule has 0 spiro atoms. The molecule has 1 aliphatic heterocycles. The fraction of sp³-hybridized carbons (Fsp3) is 0.256. The Morgan fingerprint density at radius 3 is 2.30 bits per heavy atom. The number of hydrogen-bond acceptors (Lipinski definition) is 14. The van der Waals surface area contributed by atoms with Crippen LogP contribution in [0.3, 0.4) is 0 Å². The lowest BCUT2D eigenvalue weighted by atomic mass is 9.77. The van der Waals surface area contributed by atoms with E-state index in [0.29, 0.717) is 16.7 Å². The van der Waals surface area contributed by atoms with Gasteiger partial charge >= 0.3 is 5.97 Å². The Morgan fingerprint density at radius 2 is 1.64 bits per heavy atom. The fourth-order valence-corrected chi connectivity index (χ4v) is 6.54. The molecule has 4 atom stereocenters. The average Bonchev–Trinajstić information content (AvgIpc) is 3.12. The molecule has 0 unspecified atom stereocenters. The number of phenolic OH excluding ortho intramolecular Hbond substituents is 1. The second-order valence-electron chi connectivity index (χ2n) is 12.9. The molecule has 10 N–H and O–H groups in total. The van der Waals surface area contributed by atoms with Crippen LogP contribution in [-0.4, -0.2) is 78.6 Å². The van der Waals surface area contributed by atoms with Crippen molar-refractivity contribution in [2.75, 3.05) is 0 Å². The van der Waals surface area contributed by atoms with Crippen LogP contribution in [0.1, 0.15) is 85.2 Å². The van der Waals surface area contributed by atoms with E-state index in [2.05, 4.69) is 0 Å². The zero-order valence-corrected chi connectivity index (χ0v) is 28.6. The molecule has 14 heteroatoms. The van der Waals surface area contributed by atoms with Gasteiger partial charge in [-0.2, -0.15) is 0 Å². The van der Waals surface area contributed by atoms with E-state index in [1.165, 1.54) is 19.1 Å². The summed E-state index contributed by atoms with van der Waals surface area (Å²) in [4.78, 5) is 41.3. The van der Waals surface area contributed by atoms with Crippen molar-refractivity contribution in [1.29, 1.82) is 0 Å². The summed E-state index contributed by atoms with van der Waals surface area (Å²) in [6.45, 7) is 1.73. The molecule has 1 aliphatic carbocycles. The third kappa shape index (κ3) is 6.97. The van der Waals surface area contributed by atoms with E-state index in [0.717, 1.165) is 13.0 Å². The predicted molar refractivity (Wildman–Crippen MR) is 189 cm³/mol. The number of aromatic hydroxyl groups is 1. The van der Waals surface area contributed by atoms with Crippen LogP contribution in [0.4, 0.5) is 0 Å². The second-order valence-corrected chi connectivity index (χ2v) is 12.9. The van der Waals surface area contributed by atoms with Gasteiger partial charge in [0.25, 0.3) is 0 Å². The number of fused-ring (bicyclic) bond motifs is 2. The average molecular weight is 727 g/mol. The van der Waals surface area contributed by atoms with Gasteiger partial charge in [0.15, 0.2) is 17.7 Å². The molecule has 4 aromatic rings. The van der Waals surface area contributed by atoms with Crippen LogP contribution in [-0.2, 0) is 22.6 Å². The standard InChI is InChI=1S/C39H38N2O12/c1-18-35(47)39(49,50)36(48)38(51-18)53-28-16-26-31(32(44)25(28)14-21-9-6-10-22(13-21)37(40)41)34(46)29-23(17-42)15-27(52-19(2)43)24(30(29)33(26)45)12-11-20-7-4-3-5-8-20/h3-13,15-16,18,35-38,42,44,47-50H,14,17,40-41H2,1-2H3/b12-11+/t18-,35+,36-,38+/m0/s1. The van der Waals surface area contributed by atoms with Gasteiger partial charge < -0.3 is 56.3 Å². The van der Waals surface area contributed by atoms with Crippen LogP contribution < -0.4 is 20.9 Å². The van der Waals surface area contributed by atoms with Crippen LogP contribution in [0.2, 0.25) is 0 Å². The van der Waals surface area contributed by atoms with Crippen LogP contribution in [0.5, 0.6) is 17.2 Å². The summed E-state index contributed by atoms with van der Waals surface area (Å²) in [5.41, 5.74) is 12.2. The monoisotopic (exact) mass is 726 g/mol. The molecule has 14 nitrogen and oxygen atoms in total. The molecule has 0 amide bonds. The largest absolute Gasteiger partial charge is 0.507 e. The maximum Gasteiger partial charge on any atom is 0.308 e. The first-order chi connectivity index (χ1) is 25.1. The molecular formula is C39H38N2O12. The zero-order valence-electron chi connectivity index (χ0n) is 28.6. The summed E-state index contributed by atoms with van der Waals surface area (Å²) in [5, 5.41) is 64.4. The van der Waals surface area contributed by atoms with Crippen molar-refractivity contribution in [2.24, 2.45) is 11.5 Å². The minimum Gasteiger partial charge on any atom is -0.507 e. The van der Waals surface area contributed by atoms with Gasteiger partial charge in [0.2, 0.25) is 12.1 Å². The summed E-state index contributed by atoms with van der Waals surface area (Å²) in [6.07, 6.45) is -5.17. The lowest BCUT2D eigenvalue weighted by molar-refractivity contribution is -0.371. The molecule has 53 heavy (non-hydrogen) atoms. The van der Waals surface area contributed by atoms with Gasteiger partial charge in [-0.25, -0.2) is 0 Å². The number of hydrogen-bond donors (Lipinski definition) is 8. The van der Waals surface area contributed by atoms with Crippen LogP contribution in [0, 0.1) is 0 Å². The normalized spacial score (nSPS) is 20.7. The Hall–Kier alpha value is -5.29. The van der Waals surface area contributed by atoms with Crippen molar-refractivity contribution >= 4 is 29.7 Å². The summed E-state index contributed by atoms with van der Waals surface area (Å²) >= 11 is 0. The number of phenols is 1. The lowest BCUT2D eigenvalue weighted by Gasteiger charge is -2.44. The van der Waals surface area contributed by atoms with Crippen molar-refractivity contribution in [3.05, 3.63) is 122 Å². The molecule has 0 saturated carbocycles. The number of aliphatic hydroxyl groups is 5. The highest BCUT2D eigenvalue weighted by Crippen LogP contribution is 2.45. The van der Waals surface area contributed by atoms with Gasteiger partial charge in [-0.1, -0.05) is 60.7 Å². The molecule has 0 aromatic heterocycles. The van der Waals surface area contributed by atoms with Crippen LogP contribution in [0.15, 0.2) is 66.7 Å². The molecule has 1 saturated heterocycles. The number of esters is 1. The minimum atomic E-state index is -3.08. The number of ketones is 2. The molecule has 1 fully saturated rings. The first-order valence-corrected chi connectivity index (χ1v) is 16.6. The minimum absolute atomic E-state index is 0.0421. The molecule has 0 bridgehead atoms. The SMILES string of the molecule is CC(=O)Oc1cc(CO)c2c(c1/C=C/c1ccccc1)C(=O)c1cc(O[C@H]3O[C@@H](C)[C@@H](O)C(O)(O)[C@H]3O)c(Cc3cccc(C(N)N)c3)c(O)c1C2=O. The van der Waals surface area contributed by atoms with E-state index in [1.54, 1.807) is 54.6 Å². The van der Waals surface area contributed by atoms with Gasteiger partial charge in [0, 0.05) is 41.2 Å². The number of rotatable bonds is 9. The molecule has 0 radical (unpaired) electrons. The van der Waals surface area contributed by atoms with E-state index in [-0.39, 0.29) is 51.3 Å². The molecular weight excluding hydrogens is 688 g/mol. The summed E-state index contributed by atoms with van der Waals surface area (Å²) in [6, 6.07) is 18.1. The molecule has 276 valence electrons. The Kier molecular flexibility index (Phi) is 10.3. The molecule has 4 aromatic carbocycles. The fourth-order valence-electron chi connectivity index (χ4n) is 6.54. The highest BCUT2D eigenvalue weighted by molar-refractivity contribution is 6.31. The van der Waals surface area contributed by atoms with Crippen LogP contribution in [0.25, 0.3) is 12.2 Å². The third-order valence-electron chi connectivity index (χ3n) is 9.25. The third-order valence-corrected chi connectivity index (χ3v) is 9.25. The topological polar surface area (TPSA) is 252 Å². The van der Waals surface area contributed by atoms with E-state index >= 15 is 0 Å². The van der Waals surface area contributed by atoms with Gasteiger partial charge in [-0.3, -0.25) is 14.4 Å². The van der Waals surface area contributed by atoms with Gasteiger partial charge in [-0.15, -0.1) is 0 Å². The number of carbonyl (C=O) groups excluding carboxylic acids is 3. The van der Waals surface area contributed by atoms with Crippen molar-refractivity contribution < 1.29 is 59.2 Å². The molecule has 2 aliphatic rings. The lowest BCUT2D eigenvalue weighted by Crippen LogP contribution is -2.67. The Morgan fingerprint density at radius 1 is 0.925 bits per heavy atom. The van der Waals surface area contributed by atoms with E-state index in [9.17, 15) is 45.0 Å². The van der Waals surface area contributed by atoms with Gasteiger partial charge in [0.05, 0.1) is 24.4 Å². The smallest absolute Gasteiger partial charge is 0.308 e. The van der Waals surface area contributed by atoms with Gasteiger partial charge in [0.1, 0.15) is 23.4 Å². The number of carbonyl (C=O) groups is 3. The highest BCUT2D eigenvalue weighted by atomic mass is 16.7. The van der Waals surface area contributed by atoms with Crippen molar-refractivity contribution in [3.8, 4) is 17.2 Å². The van der Waals surface area contributed by atoms with E-state index in [1.807, 2.05) is 6.07 Å². The summed E-state index contributed by atoms with van der Waals surface area (Å²) < 4.78 is 17.0. The Bertz CT molecular complexity index is 2130. The molecule has 6 rings (SSSR count). The Labute approximate surface area is 303 Å². The second kappa shape index (κ2) is 14.6. The number of benzene rings is 4. The van der Waals surface area contributed by atoms with Crippen molar-refractivity contribution in [1.82, 2.24) is 0 Å². The predicted octanol–water partition coefficient (Wildman–Crippen LogP) is 1.79. The quantitative estimate of drug-likeness (QED) is 0.0467. The van der Waals surface area contributed by atoms with Crippen molar-refractivity contribution in [3.63, 3.8) is 0 Å². The number of nitrogens with two attached hydrogens (primary N) is 2. The van der Waals surface area contributed by atoms with E-state index < -0.39 is 72.0 Å². The van der Waals surface area contributed by atoms with E-state index in [4.69, 9.17) is 25.7 Å². The van der Waals surface area contributed by atoms with Crippen molar-refractivity contribution in [2.45, 2.75) is 63.4 Å². The first kappa shape index (κ1) is 37.5. The van der Waals surface area contributed by atoms with Crippen LogP contribution >= 0.6 is 0 Å². The number of ether oxygens (including phenoxy) is 3.